The molecule has 2 fully saturated rings. The van der Waals surface area contributed by atoms with Crippen molar-refractivity contribution >= 4 is 0 Å². The molecular weight excluding hydrogens is 150 g/mol. The van der Waals surface area contributed by atoms with Crippen molar-refractivity contribution in [2.24, 2.45) is 5.41 Å². The quantitative estimate of drug-likeness (QED) is 0.621. The Labute approximate surface area is 74.9 Å². The van der Waals surface area contributed by atoms with E-state index in [1.54, 1.807) is 0 Å². The van der Waals surface area contributed by atoms with Crippen molar-refractivity contribution in [3.8, 4) is 0 Å². The minimum atomic E-state index is 0.404. The fourth-order valence-electron chi connectivity index (χ4n) is 1.99. The molecule has 0 radical (unpaired) electrons. The lowest BCUT2D eigenvalue weighted by molar-refractivity contribution is -0.209. The van der Waals surface area contributed by atoms with Crippen LogP contribution in [0.25, 0.3) is 0 Å². The summed E-state index contributed by atoms with van der Waals surface area (Å²) >= 11 is 0. The van der Waals surface area contributed by atoms with Crippen molar-refractivity contribution in [1.29, 1.82) is 0 Å². The van der Waals surface area contributed by atoms with Gasteiger partial charge in [0.25, 0.3) is 0 Å². The highest BCUT2D eigenvalue weighted by molar-refractivity contribution is 5.03. The van der Waals surface area contributed by atoms with E-state index in [-0.39, 0.29) is 0 Å². The molecule has 0 saturated carbocycles. The first kappa shape index (κ1) is 8.52. The first-order valence-electron chi connectivity index (χ1n) is 4.91. The summed E-state index contributed by atoms with van der Waals surface area (Å²) in [7, 11) is 0. The van der Waals surface area contributed by atoms with E-state index in [1.165, 1.54) is 19.5 Å². The fourth-order valence-corrected chi connectivity index (χ4v) is 1.99. The fraction of sp³-hybridized carbons (Fsp3) is 1.00. The number of rotatable bonds is 2. The van der Waals surface area contributed by atoms with E-state index in [9.17, 15) is 0 Å². The van der Waals surface area contributed by atoms with Gasteiger partial charge in [0.15, 0.2) is 0 Å². The monoisotopic (exact) mass is 169 g/mol. The molecule has 2 rings (SSSR count). The Morgan fingerprint density at radius 1 is 1.33 bits per heavy atom. The van der Waals surface area contributed by atoms with E-state index in [4.69, 9.17) is 4.74 Å². The lowest BCUT2D eigenvalue weighted by Crippen LogP contribution is -2.70. The van der Waals surface area contributed by atoms with E-state index in [2.05, 4.69) is 25.7 Å². The zero-order chi connectivity index (χ0) is 8.82. The van der Waals surface area contributed by atoms with Gasteiger partial charge < -0.3 is 4.74 Å². The summed E-state index contributed by atoms with van der Waals surface area (Å²) in [5.41, 5.74) is 0.979. The van der Waals surface area contributed by atoms with Gasteiger partial charge in [-0.3, -0.25) is 4.90 Å². The zero-order valence-corrected chi connectivity index (χ0v) is 8.39. The van der Waals surface area contributed by atoms with E-state index in [0.29, 0.717) is 11.0 Å². The molecule has 0 aromatic rings. The summed E-state index contributed by atoms with van der Waals surface area (Å²) in [4.78, 5) is 2.58. The Balaban J connectivity index is 1.87. The zero-order valence-electron chi connectivity index (χ0n) is 8.39. The number of nitrogens with zero attached hydrogens (tertiary/aromatic N) is 1. The molecule has 0 N–H and O–H groups in total. The molecule has 2 heteroatoms. The highest BCUT2D eigenvalue weighted by Crippen LogP contribution is 2.41. The lowest BCUT2D eigenvalue weighted by atomic mass is 9.75. The maximum Gasteiger partial charge on any atom is 0.0569 e. The molecule has 2 aliphatic heterocycles. The third-order valence-electron chi connectivity index (χ3n) is 3.59. The third-order valence-corrected chi connectivity index (χ3v) is 3.59. The van der Waals surface area contributed by atoms with E-state index in [0.717, 1.165) is 13.2 Å². The number of hydrogen-bond acceptors (Lipinski definition) is 2. The smallest absolute Gasteiger partial charge is 0.0569 e. The van der Waals surface area contributed by atoms with Crippen LogP contribution in [0.3, 0.4) is 0 Å². The van der Waals surface area contributed by atoms with Crippen LogP contribution in [0.5, 0.6) is 0 Å². The van der Waals surface area contributed by atoms with Crippen LogP contribution in [-0.4, -0.2) is 36.7 Å². The van der Waals surface area contributed by atoms with Gasteiger partial charge >= 0.3 is 0 Å². The van der Waals surface area contributed by atoms with Crippen LogP contribution in [0.4, 0.5) is 0 Å². The maximum absolute atomic E-state index is 5.25. The minimum Gasteiger partial charge on any atom is -0.380 e. The molecule has 0 aromatic heterocycles. The van der Waals surface area contributed by atoms with Gasteiger partial charge in [-0.25, -0.2) is 0 Å². The van der Waals surface area contributed by atoms with E-state index < -0.39 is 0 Å². The Kier molecular flexibility index (Phi) is 1.74. The Bertz CT molecular complexity index is 176. The molecule has 0 bridgehead atoms. The van der Waals surface area contributed by atoms with Crippen molar-refractivity contribution < 1.29 is 4.74 Å². The van der Waals surface area contributed by atoms with Crippen LogP contribution in [0.2, 0.25) is 0 Å². The normalized spacial score (nSPS) is 28.2. The molecule has 70 valence electrons. The van der Waals surface area contributed by atoms with E-state index >= 15 is 0 Å². The standard InChI is InChI=1S/C10H19NO/c1-4-9(2,3)11-5-10(6-11)7-12-8-10/h4-8H2,1-3H3. The number of hydrogen-bond donors (Lipinski definition) is 0. The summed E-state index contributed by atoms with van der Waals surface area (Å²) in [5, 5.41) is 0. The molecule has 2 aliphatic rings. The van der Waals surface area contributed by atoms with Crippen LogP contribution in [0.15, 0.2) is 0 Å². The molecule has 0 aromatic carbocycles. The van der Waals surface area contributed by atoms with Crippen LogP contribution in [0.1, 0.15) is 27.2 Å². The van der Waals surface area contributed by atoms with Crippen LogP contribution in [0, 0.1) is 5.41 Å². The highest BCUT2D eigenvalue weighted by atomic mass is 16.5. The predicted molar refractivity (Wildman–Crippen MR) is 49.2 cm³/mol. The Hall–Kier alpha value is -0.0800. The summed E-state index contributed by atoms with van der Waals surface area (Å²) < 4.78 is 5.25. The summed E-state index contributed by atoms with van der Waals surface area (Å²) in [6.45, 7) is 11.5. The summed E-state index contributed by atoms with van der Waals surface area (Å²) in [6.07, 6.45) is 1.24. The average molecular weight is 169 g/mol. The van der Waals surface area contributed by atoms with Gasteiger partial charge in [-0.2, -0.15) is 0 Å². The molecule has 1 spiro atoms. The SMILES string of the molecule is CCC(C)(C)N1CC2(COC2)C1. The second kappa shape index (κ2) is 2.46. The summed E-state index contributed by atoms with van der Waals surface area (Å²) in [6, 6.07) is 0. The van der Waals surface area contributed by atoms with Gasteiger partial charge in [-0.1, -0.05) is 6.92 Å². The molecule has 0 unspecified atom stereocenters. The minimum absolute atomic E-state index is 0.404. The largest absolute Gasteiger partial charge is 0.380 e. The molecule has 2 saturated heterocycles. The van der Waals surface area contributed by atoms with E-state index in [1.807, 2.05) is 0 Å². The van der Waals surface area contributed by atoms with Gasteiger partial charge in [-0.15, -0.1) is 0 Å². The predicted octanol–water partition coefficient (Wildman–Crippen LogP) is 1.51. The van der Waals surface area contributed by atoms with Gasteiger partial charge in [0.1, 0.15) is 0 Å². The average Bonchev–Trinajstić information content (AvgIpc) is 1.80. The van der Waals surface area contributed by atoms with Crippen molar-refractivity contribution in [1.82, 2.24) is 4.90 Å². The Morgan fingerprint density at radius 2 is 1.92 bits per heavy atom. The highest BCUT2D eigenvalue weighted by Gasteiger charge is 2.52. The van der Waals surface area contributed by atoms with Crippen molar-refractivity contribution in [2.75, 3.05) is 26.3 Å². The van der Waals surface area contributed by atoms with Crippen molar-refractivity contribution in [3.63, 3.8) is 0 Å². The van der Waals surface area contributed by atoms with Gasteiger partial charge in [0.2, 0.25) is 0 Å². The third kappa shape index (κ3) is 1.09. The number of likely N-dealkylation sites (tertiary alicyclic amines) is 1. The number of ether oxygens (including phenoxy) is 1. The second-order valence-corrected chi connectivity index (χ2v) is 5.01. The Morgan fingerprint density at radius 3 is 2.25 bits per heavy atom. The maximum atomic E-state index is 5.25. The van der Waals surface area contributed by atoms with Crippen molar-refractivity contribution in [2.45, 2.75) is 32.7 Å². The molecular formula is C10H19NO. The second-order valence-electron chi connectivity index (χ2n) is 5.01. The van der Waals surface area contributed by atoms with Gasteiger partial charge in [0, 0.05) is 24.0 Å². The lowest BCUT2D eigenvalue weighted by Gasteiger charge is -2.60. The van der Waals surface area contributed by atoms with Crippen LogP contribution in [-0.2, 0) is 4.74 Å². The van der Waals surface area contributed by atoms with Gasteiger partial charge in [0.05, 0.1) is 13.2 Å². The van der Waals surface area contributed by atoms with Crippen molar-refractivity contribution in [3.05, 3.63) is 0 Å². The molecule has 2 nitrogen and oxygen atoms in total. The van der Waals surface area contributed by atoms with Crippen LogP contribution >= 0.6 is 0 Å². The first-order chi connectivity index (χ1) is 5.58. The molecule has 0 amide bonds. The summed E-state index contributed by atoms with van der Waals surface area (Å²) in [5.74, 6) is 0. The molecule has 2 heterocycles. The molecule has 0 atom stereocenters. The topological polar surface area (TPSA) is 12.5 Å². The van der Waals surface area contributed by atoms with Crippen LogP contribution < -0.4 is 0 Å². The molecule has 12 heavy (non-hydrogen) atoms. The molecule has 0 aliphatic carbocycles. The van der Waals surface area contributed by atoms with Gasteiger partial charge in [-0.05, 0) is 20.3 Å². The first-order valence-corrected chi connectivity index (χ1v) is 4.91.